The number of benzene rings is 1. The van der Waals surface area contributed by atoms with Crippen molar-refractivity contribution in [3.63, 3.8) is 0 Å². The Morgan fingerprint density at radius 2 is 2.24 bits per heavy atom. The van der Waals surface area contributed by atoms with Crippen LogP contribution < -0.4 is 5.32 Å². The fourth-order valence-corrected chi connectivity index (χ4v) is 4.30. The smallest absolute Gasteiger partial charge is 0.0593 e. The number of rotatable bonds is 2. The van der Waals surface area contributed by atoms with Gasteiger partial charge in [0.25, 0.3) is 0 Å². The molecule has 2 N–H and O–H groups in total. The van der Waals surface area contributed by atoms with E-state index >= 15 is 0 Å². The van der Waals surface area contributed by atoms with E-state index in [2.05, 4.69) is 29.6 Å². The largest absolute Gasteiger partial charge is 0.393 e. The molecule has 92 valence electrons. The molecule has 3 heteroatoms. The van der Waals surface area contributed by atoms with Crippen LogP contribution in [0.4, 0.5) is 0 Å². The summed E-state index contributed by atoms with van der Waals surface area (Å²) in [6.07, 6.45) is 3.12. The van der Waals surface area contributed by atoms with Crippen molar-refractivity contribution in [2.24, 2.45) is 5.92 Å². The maximum atomic E-state index is 10.00. The van der Waals surface area contributed by atoms with E-state index in [9.17, 15) is 5.11 Å². The molecule has 1 aromatic carbocycles. The van der Waals surface area contributed by atoms with Crippen LogP contribution in [0.15, 0.2) is 29.2 Å². The van der Waals surface area contributed by atoms with Crippen LogP contribution in [0.2, 0.25) is 0 Å². The second-order valence-electron chi connectivity index (χ2n) is 5.11. The molecule has 0 spiro atoms. The van der Waals surface area contributed by atoms with E-state index in [1.54, 1.807) is 0 Å². The molecule has 0 aliphatic carbocycles. The molecule has 1 fully saturated rings. The summed E-state index contributed by atoms with van der Waals surface area (Å²) in [7, 11) is 0. The van der Waals surface area contributed by atoms with E-state index in [0.29, 0.717) is 11.2 Å². The first kappa shape index (κ1) is 11.6. The molecule has 2 heterocycles. The molecule has 1 aromatic rings. The minimum atomic E-state index is -0.0967. The molecule has 0 aromatic heterocycles. The van der Waals surface area contributed by atoms with Crippen LogP contribution in [0.5, 0.6) is 0 Å². The number of fused-ring (bicyclic) bond motifs is 1. The minimum absolute atomic E-state index is 0.0967. The Morgan fingerprint density at radius 3 is 3.06 bits per heavy atom. The number of thioether (sulfide) groups is 1. The van der Waals surface area contributed by atoms with Gasteiger partial charge in [0.05, 0.1) is 6.10 Å². The molecule has 3 unspecified atom stereocenters. The van der Waals surface area contributed by atoms with Crippen LogP contribution in [0.3, 0.4) is 0 Å². The van der Waals surface area contributed by atoms with Gasteiger partial charge in [0.15, 0.2) is 0 Å². The topological polar surface area (TPSA) is 32.3 Å². The number of aliphatic hydroxyl groups excluding tert-OH is 1. The van der Waals surface area contributed by atoms with Crippen molar-refractivity contribution in [2.45, 2.75) is 35.5 Å². The molecule has 2 nitrogen and oxygen atoms in total. The number of hydrogen-bond acceptors (Lipinski definition) is 3. The van der Waals surface area contributed by atoms with Gasteiger partial charge in [0.1, 0.15) is 0 Å². The third-order valence-electron chi connectivity index (χ3n) is 3.85. The Hall–Kier alpha value is -0.510. The Morgan fingerprint density at radius 1 is 1.35 bits per heavy atom. The summed E-state index contributed by atoms with van der Waals surface area (Å²) in [5.41, 5.74) is 1.49. The fraction of sp³-hybridized carbons (Fsp3) is 0.571. The SMILES string of the molecule is OC1CCNCC1CC1Cc2ccccc2S1. The Balaban J connectivity index is 1.61. The summed E-state index contributed by atoms with van der Waals surface area (Å²) in [6.45, 7) is 1.95. The first-order valence-corrected chi connectivity index (χ1v) is 7.34. The van der Waals surface area contributed by atoms with Crippen molar-refractivity contribution in [2.75, 3.05) is 13.1 Å². The van der Waals surface area contributed by atoms with Gasteiger partial charge in [-0.25, -0.2) is 0 Å². The molecule has 2 aliphatic rings. The summed E-state index contributed by atoms with van der Waals surface area (Å²) >= 11 is 1.99. The van der Waals surface area contributed by atoms with Gasteiger partial charge in [-0.05, 0) is 43.4 Å². The molecule has 1 saturated heterocycles. The van der Waals surface area contributed by atoms with E-state index in [1.807, 2.05) is 11.8 Å². The minimum Gasteiger partial charge on any atom is -0.393 e. The van der Waals surface area contributed by atoms with Crippen molar-refractivity contribution < 1.29 is 5.11 Å². The molecular formula is C14H19NOS. The van der Waals surface area contributed by atoms with Crippen molar-refractivity contribution >= 4 is 11.8 Å². The lowest BCUT2D eigenvalue weighted by atomic mass is 9.90. The predicted molar refractivity (Wildman–Crippen MR) is 71.4 cm³/mol. The van der Waals surface area contributed by atoms with Crippen LogP contribution in [0.1, 0.15) is 18.4 Å². The van der Waals surface area contributed by atoms with Gasteiger partial charge in [-0.1, -0.05) is 18.2 Å². The van der Waals surface area contributed by atoms with Gasteiger partial charge in [-0.15, -0.1) is 11.8 Å². The maximum Gasteiger partial charge on any atom is 0.0593 e. The van der Waals surface area contributed by atoms with Crippen LogP contribution in [-0.2, 0) is 6.42 Å². The van der Waals surface area contributed by atoms with E-state index in [0.717, 1.165) is 25.9 Å². The van der Waals surface area contributed by atoms with Gasteiger partial charge >= 0.3 is 0 Å². The van der Waals surface area contributed by atoms with Gasteiger partial charge in [0.2, 0.25) is 0 Å². The summed E-state index contributed by atoms with van der Waals surface area (Å²) in [4.78, 5) is 1.44. The number of piperidine rings is 1. The maximum absolute atomic E-state index is 10.00. The highest BCUT2D eigenvalue weighted by Gasteiger charge is 2.29. The molecule has 17 heavy (non-hydrogen) atoms. The third-order valence-corrected chi connectivity index (χ3v) is 5.19. The Kier molecular flexibility index (Phi) is 3.41. The normalized spacial score (nSPS) is 32.4. The highest BCUT2D eigenvalue weighted by molar-refractivity contribution is 8.00. The van der Waals surface area contributed by atoms with Crippen molar-refractivity contribution in [1.82, 2.24) is 5.32 Å². The highest BCUT2D eigenvalue weighted by Crippen LogP contribution is 2.40. The Labute approximate surface area is 107 Å². The van der Waals surface area contributed by atoms with Crippen molar-refractivity contribution in [3.8, 4) is 0 Å². The first-order valence-electron chi connectivity index (χ1n) is 6.46. The van der Waals surface area contributed by atoms with Crippen molar-refractivity contribution in [3.05, 3.63) is 29.8 Å². The molecule has 2 aliphatic heterocycles. The third kappa shape index (κ3) is 2.51. The van der Waals surface area contributed by atoms with Crippen LogP contribution in [0, 0.1) is 5.92 Å². The van der Waals surface area contributed by atoms with Crippen LogP contribution in [0.25, 0.3) is 0 Å². The monoisotopic (exact) mass is 249 g/mol. The average molecular weight is 249 g/mol. The van der Waals surface area contributed by atoms with Gasteiger partial charge < -0.3 is 10.4 Å². The molecule has 0 bridgehead atoms. The standard InChI is InChI=1S/C14H19NOS/c16-13-5-6-15-9-11(13)8-12-7-10-3-1-2-4-14(10)17-12/h1-4,11-13,15-16H,5-9H2. The first-order chi connectivity index (χ1) is 8.33. The van der Waals surface area contributed by atoms with Gasteiger partial charge in [-0.3, -0.25) is 0 Å². The zero-order chi connectivity index (χ0) is 11.7. The van der Waals surface area contributed by atoms with E-state index < -0.39 is 0 Å². The Bertz CT molecular complexity index is 371. The quantitative estimate of drug-likeness (QED) is 0.841. The summed E-state index contributed by atoms with van der Waals surface area (Å²) in [6, 6.07) is 8.69. The average Bonchev–Trinajstić information content (AvgIpc) is 2.74. The number of aliphatic hydroxyl groups is 1. The van der Waals surface area contributed by atoms with Crippen LogP contribution in [-0.4, -0.2) is 29.5 Å². The summed E-state index contributed by atoms with van der Waals surface area (Å²) in [5, 5.41) is 14.0. The lowest BCUT2D eigenvalue weighted by Gasteiger charge is -2.30. The van der Waals surface area contributed by atoms with E-state index in [1.165, 1.54) is 16.9 Å². The van der Waals surface area contributed by atoms with E-state index in [4.69, 9.17) is 0 Å². The van der Waals surface area contributed by atoms with Crippen molar-refractivity contribution in [1.29, 1.82) is 0 Å². The second-order valence-corrected chi connectivity index (χ2v) is 6.45. The predicted octanol–water partition coefficient (Wildman–Crippen LogP) is 2.06. The fourth-order valence-electron chi connectivity index (χ4n) is 2.87. The summed E-state index contributed by atoms with van der Waals surface area (Å²) in [5.74, 6) is 0.440. The molecule has 3 rings (SSSR count). The van der Waals surface area contributed by atoms with Gasteiger partial charge in [-0.2, -0.15) is 0 Å². The van der Waals surface area contributed by atoms with Crippen LogP contribution >= 0.6 is 11.8 Å². The van der Waals surface area contributed by atoms with Gasteiger partial charge in [0, 0.05) is 16.7 Å². The lowest BCUT2D eigenvalue weighted by molar-refractivity contribution is 0.0744. The zero-order valence-corrected chi connectivity index (χ0v) is 10.7. The molecule has 3 atom stereocenters. The lowest BCUT2D eigenvalue weighted by Crippen LogP contribution is -2.41. The number of hydrogen-bond donors (Lipinski definition) is 2. The molecule has 0 radical (unpaired) electrons. The molecule has 0 saturated carbocycles. The molecule has 0 amide bonds. The second kappa shape index (κ2) is 5.01. The number of nitrogens with one attached hydrogen (secondary N) is 1. The zero-order valence-electron chi connectivity index (χ0n) is 9.93. The highest BCUT2D eigenvalue weighted by atomic mass is 32.2. The molecular weight excluding hydrogens is 230 g/mol. The van der Waals surface area contributed by atoms with E-state index in [-0.39, 0.29) is 6.10 Å². The summed E-state index contributed by atoms with van der Waals surface area (Å²) < 4.78 is 0.